The molecule has 0 aliphatic carbocycles. The maximum absolute atomic E-state index is 5.92. The van der Waals surface area contributed by atoms with Crippen molar-refractivity contribution in [2.45, 2.75) is 19.5 Å². The molecule has 1 N–H and O–H groups in total. The molecule has 1 fully saturated rings. The first-order valence-electron chi connectivity index (χ1n) is 6.87. The molecule has 1 aliphatic heterocycles. The smallest absolute Gasteiger partial charge is 0.123 e. The Kier molecular flexibility index (Phi) is 4.36. The molecule has 1 aromatic carbocycles. The molecular weight excluding hydrogens is 290 g/mol. The van der Waals surface area contributed by atoms with E-state index in [-0.39, 0.29) is 0 Å². The maximum atomic E-state index is 5.92. The number of nitrogens with zero attached hydrogens (tertiary/aromatic N) is 2. The minimum absolute atomic E-state index is 0.568. The minimum atomic E-state index is 0.568. The van der Waals surface area contributed by atoms with Gasteiger partial charge in [-0.1, -0.05) is 23.7 Å². The van der Waals surface area contributed by atoms with E-state index < -0.39 is 0 Å². The largest absolute Gasteiger partial charge is 0.312 e. The van der Waals surface area contributed by atoms with Crippen molar-refractivity contribution >= 4 is 22.9 Å². The van der Waals surface area contributed by atoms with Crippen molar-refractivity contribution in [3.63, 3.8) is 0 Å². The lowest BCUT2D eigenvalue weighted by atomic mass is 10.2. The van der Waals surface area contributed by atoms with Gasteiger partial charge in [0.25, 0.3) is 0 Å². The van der Waals surface area contributed by atoms with Crippen molar-refractivity contribution in [2.75, 3.05) is 19.6 Å². The second kappa shape index (κ2) is 6.22. The second-order valence-corrected chi connectivity index (χ2v) is 6.54. The van der Waals surface area contributed by atoms with Crippen LogP contribution in [0.5, 0.6) is 0 Å². The lowest BCUT2D eigenvalue weighted by molar-refractivity contribution is 0.198. The molecule has 0 saturated carbocycles. The standard InChI is InChI=1S/C15H18ClN3S/c1-11-8-19(7-6-17-11)9-14-10-20-15(18-14)12-2-4-13(16)5-3-12/h2-5,10-11,17H,6-9H2,1H3. The van der Waals surface area contributed by atoms with Crippen LogP contribution in [0.4, 0.5) is 0 Å². The lowest BCUT2D eigenvalue weighted by Crippen LogP contribution is -2.48. The summed E-state index contributed by atoms with van der Waals surface area (Å²) >= 11 is 7.62. The van der Waals surface area contributed by atoms with E-state index in [0.29, 0.717) is 6.04 Å². The van der Waals surface area contributed by atoms with Crippen molar-refractivity contribution in [1.29, 1.82) is 0 Å². The second-order valence-electron chi connectivity index (χ2n) is 5.24. The summed E-state index contributed by atoms with van der Waals surface area (Å²) in [6.07, 6.45) is 0. The Bertz CT molecular complexity index is 567. The van der Waals surface area contributed by atoms with Gasteiger partial charge in [-0.2, -0.15) is 0 Å². The highest BCUT2D eigenvalue weighted by Gasteiger charge is 2.16. The number of aromatic nitrogens is 1. The number of nitrogens with one attached hydrogen (secondary N) is 1. The highest BCUT2D eigenvalue weighted by Crippen LogP contribution is 2.25. The summed E-state index contributed by atoms with van der Waals surface area (Å²) in [5.41, 5.74) is 2.30. The highest BCUT2D eigenvalue weighted by molar-refractivity contribution is 7.13. The van der Waals surface area contributed by atoms with Crippen LogP contribution in [0, 0.1) is 0 Å². The van der Waals surface area contributed by atoms with Crippen LogP contribution in [0.1, 0.15) is 12.6 Å². The van der Waals surface area contributed by atoms with Gasteiger partial charge in [-0.05, 0) is 19.1 Å². The molecule has 0 spiro atoms. The summed E-state index contributed by atoms with van der Waals surface area (Å²) in [5, 5.41) is 7.46. The van der Waals surface area contributed by atoms with Gasteiger partial charge in [-0.25, -0.2) is 4.98 Å². The van der Waals surface area contributed by atoms with Crippen molar-refractivity contribution in [2.24, 2.45) is 0 Å². The van der Waals surface area contributed by atoms with Gasteiger partial charge in [0.2, 0.25) is 0 Å². The predicted molar refractivity (Wildman–Crippen MR) is 85.3 cm³/mol. The molecule has 0 amide bonds. The van der Waals surface area contributed by atoms with Crippen LogP contribution >= 0.6 is 22.9 Å². The van der Waals surface area contributed by atoms with Crippen LogP contribution in [-0.4, -0.2) is 35.6 Å². The fourth-order valence-electron chi connectivity index (χ4n) is 2.49. The summed E-state index contributed by atoms with van der Waals surface area (Å²) in [6, 6.07) is 8.44. The Hall–Kier alpha value is -0.940. The molecule has 2 heterocycles. The van der Waals surface area contributed by atoms with Gasteiger partial charge in [0.15, 0.2) is 0 Å². The van der Waals surface area contributed by atoms with Gasteiger partial charge in [-0.15, -0.1) is 11.3 Å². The highest BCUT2D eigenvalue weighted by atomic mass is 35.5. The molecule has 1 unspecified atom stereocenters. The molecule has 1 aliphatic rings. The first kappa shape index (κ1) is 14.0. The normalized spacial score (nSPS) is 20.2. The van der Waals surface area contributed by atoms with E-state index in [1.165, 1.54) is 0 Å². The zero-order valence-corrected chi connectivity index (χ0v) is 13.0. The van der Waals surface area contributed by atoms with Crippen molar-refractivity contribution in [1.82, 2.24) is 15.2 Å². The van der Waals surface area contributed by atoms with Crippen molar-refractivity contribution in [3.05, 3.63) is 40.4 Å². The maximum Gasteiger partial charge on any atom is 0.123 e. The van der Waals surface area contributed by atoms with E-state index in [0.717, 1.165) is 47.5 Å². The van der Waals surface area contributed by atoms with Crippen molar-refractivity contribution < 1.29 is 0 Å². The number of benzene rings is 1. The summed E-state index contributed by atoms with van der Waals surface area (Å²) in [5.74, 6) is 0. The van der Waals surface area contributed by atoms with Crippen LogP contribution < -0.4 is 5.32 Å². The minimum Gasteiger partial charge on any atom is -0.312 e. The van der Waals surface area contributed by atoms with Crippen LogP contribution in [0.3, 0.4) is 0 Å². The summed E-state index contributed by atoms with van der Waals surface area (Å²) in [7, 11) is 0. The van der Waals surface area contributed by atoms with Gasteiger partial charge in [-0.3, -0.25) is 4.90 Å². The summed E-state index contributed by atoms with van der Waals surface area (Å²) in [6.45, 7) is 6.42. The predicted octanol–water partition coefficient (Wildman–Crippen LogP) is 3.26. The summed E-state index contributed by atoms with van der Waals surface area (Å²) < 4.78 is 0. The zero-order valence-electron chi connectivity index (χ0n) is 11.5. The third-order valence-electron chi connectivity index (χ3n) is 3.48. The molecule has 5 heteroatoms. The topological polar surface area (TPSA) is 28.2 Å². The molecular formula is C15H18ClN3S. The third kappa shape index (κ3) is 3.38. The lowest BCUT2D eigenvalue weighted by Gasteiger charge is -2.31. The molecule has 1 aromatic heterocycles. The van der Waals surface area contributed by atoms with Gasteiger partial charge in [0.05, 0.1) is 5.69 Å². The Balaban J connectivity index is 1.69. The molecule has 0 radical (unpaired) electrons. The van der Waals surface area contributed by atoms with Gasteiger partial charge < -0.3 is 5.32 Å². The van der Waals surface area contributed by atoms with E-state index in [2.05, 4.69) is 22.5 Å². The fourth-order valence-corrected chi connectivity index (χ4v) is 3.43. The Labute approximate surface area is 128 Å². The number of rotatable bonds is 3. The first-order valence-corrected chi connectivity index (χ1v) is 8.12. The van der Waals surface area contributed by atoms with Gasteiger partial charge in [0, 0.05) is 48.2 Å². The van der Waals surface area contributed by atoms with Crippen LogP contribution in [-0.2, 0) is 6.54 Å². The number of piperazine rings is 1. The van der Waals surface area contributed by atoms with E-state index in [4.69, 9.17) is 16.6 Å². The van der Waals surface area contributed by atoms with Crippen LogP contribution in [0.15, 0.2) is 29.6 Å². The molecule has 3 rings (SSSR count). The summed E-state index contributed by atoms with van der Waals surface area (Å²) in [4.78, 5) is 7.20. The van der Waals surface area contributed by atoms with Gasteiger partial charge >= 0.3 is 0 Å². The Morgan fingerprint density at radius 1 is 1.40 bits per heavy atom. The quantitative estimate of drug-likeness (QED) is 0.943. The zero-order chi connectivity index (χ0) is 13.9. The number of hydrogen-bond donors (Lipinski definition) is 1. The number of halogens is 1. The van der Waals surface area contributed by atoms with E-state index in [1.807, 2.05) is 24.3 Å². The van der Waals surface area contributed by atoms with Crippen LogP contribution in [0.2, 0.25) is 5.02 Å². The molecule has 106 valence electrons. The monoisotopic (exact) mass is 307 g/mol. The van der Waals surface area contributed by atoms with E-state index >= 15 is 0 Å². The molecule has 1 atom stereocenters. The fraction of sp³-hybridized carbons (Fsp3) is 0.400. The van der Waals surface area contributed by atoms with E-state index in [1.54, 1.807) is 11.3 Å². The Morgan fingerprint density at radius 2 is 2.20 bits per heavy atom. The third-order valence-corrected chi connectivity index (χ3v) is 4.67. The molecule has 2 aromatic rings. The van der Waals surface area contributed by atoms with Crippen molar-refractivity contribution in [3.8, 4) is 10.6 Å². The number of thiazole rings is 1. The number of hydrogen-bond acceptors (Lipinski definition) is 4. The molecule has 0 bridgehead atoms. The molecule has 3 nitrogen and oxygen atoms in total. The molecule has 1 saturated heterocycles. The SMILES string of the molecule is CC1CN(Cc2csc(-c3ccc(Cl)cc3)n2)CCN1. The van der Waals surface area contributed by atoms with Crippen LogP contribution in [0.25, 0.3) is 10.6 Å². The first-order chi connectivity index (χ1) is 9.70. The van der Waals surface area contributed by atoms with Gasteiger partial charge in [0.1, 0.15) is 5.01 Å². The average Bonchev–Trinajstić information content (AvgIpc) is 2.88. The average molecular weight is 308 g/mol. The van der Waals surface area contributed by atoms with E-state index in [9.17, 15) is 0 Å². The Morgan fingerprint density at radius 3 is 2.95 bits per heavy atom. The molecule has 20 heavy (non-hydrogen) atoms.